The molecule has 3 saturated heterocycles. The molecular formula is C48H62N6O7. The molecule has 7 atom stereocenters. The van der Waals surface area contributed by atoms with Crippen molar-refractivity contribution in [2.45, 2.75) is 121 Å². The summed E-state index contributed by atoms with van der Waals surface area (Å²) in [7, 11) is 1.61. The standard InChI is InChI=1S/C48H62N6O7/c1-4-33(2)42(50-43(55)37(49)30-34-18-8-5-9-19-34)47(59)53-28-16-25-39(53)45(57)52-27-15-14-24-38(52)44(56)51(3)41(31-35-20-10-6-11-21-35)46(58)54-29-17-26-40(54)48(60)61-32-36-22-12-7-13-23-36/h5-13,18-23,33,37-42H,4,14-17,24-32,49H2,1-3H3,(H,50,55)/t33?,37-,38+,39-,40+,41-,42+/m1/s1. The number of nitrogens with one attached hydrogen (secondary N) is 1. The van der Waals surface area contributed by atoms with E-state index >= 15 is 0 Å². The number of nitrogens with zero attached hydrogens (tertiary/aromatic N) is 4. The van der Waals surface area contributed by atoms with E-state index in [2.05, 4.69) is 5.32 Å². The number of hydrogen-bond acceptors (Lipinski definition) is 8. The zero-order valence-electron chi connectivity index (χ0n) is 35.8. The van der Waals surface area contributed by atoms with Crippen LogP contribution in [-0.2, 0) is 53.0 Å². The van der Waals surface area contributed by atoms with E-state index in [1.807, 2.05) is 105 Å². The molecule has 326 valence electrons. The van der Waals surface area contributed by atoms with E-state index in [1.165, 1.54) is 4.90 Å². The van der Waals surface area contributed by atoms with Crippen LogP contribution in [0.2, 0.25) is 0 Å². The number of benzene rings is 3. The molecule has 0 aromatic heterocycles. The van der Waals surface area contributed by atoms with Gasteiger partial charge in [-0.2, -0.15) is 0 Å². The average molecular weight is 835 g/mol. The van der Waals surface area contributed by atoms with Crippen molar-refractivity contribution in [3.05, 3.63) is 108 Å². The van der Waals surface area contributed by atoms with Crippen molar-refractivity contribution in [2.75, 3.05) is 26.7 Å². The molecule has 3 heterocycles. The fourth-order valence-electron chi connectivity index (χ4n) is 8.92. The topological polar surface area (TPSA) is 163 Å². The van der Waals surface area contributed by atoms with Gasteiger partial charge in [0, 0.05) is 33.1 Å². The zero-order chi connectivity index (χ0) is 43.5. The second kappa shape index (κ2) is 21.3. The van der Waals surface area contributed by atoms with Crippen molar-refractivity contribution in [1.29, 1.82) is 0 Å². The lowest BCUT2D eigenvalue weighted by Crippen LogP contribution is -2.61. The SMILES string of the molecule is CCC(C)[C@H](NC(=O)[C@H](N)Cc1ccccc1)C(=O)N1CCC[C@@H]1C(=O)N1CCCC[C@H]1C(=O)N(C)[C@H](Cc1ccccc1)C(=O)N1CCC[C@H]1C(=O)OCc1ccccc1. The maximum Gasteiger partial charge on any atom is 0.329 e. The van der Waals surface area contributed by atoms with Crippen LogP contribution >= 0.6 is 0 Å². The summed E-state index contributed by atoms with van der Waals surface area (Å²) in [5, 5.41) is 2.93. The van der Waals surface area contributed by atoms with Gasteiger partial charge in [-0.1, -0.05) is 111 Å². The first-order chi connectivity index (χ1) is 29.5. The van der Waals surface area contributed by atoms with Gasteiger partial charge in [0.1, 0.15) is 36.8 Å². The summed E-state index contributed by atoms with van der Waals surface area (Å²) in [5.41, 5.74) is 8.93. The first-order valence-corrected chi connectivity index (χ1v) is 22.0. The highest BCUT2D eigenvalue weighted by Crippen LogP contribution is 2.29. The van der Waals surface area contributed by atoms with E-state index in [0.717, 1.165) is 16.7 Å². The van der Waals surface area contributed by atoms with E-state index in [1.54, 1.807) is 21.7 Å². The molecular weight excluding hydrogens is 773 g/mol. The first-order valence-electron chi connectivity index (χ1n) is 22.0. The molecule has 13 nitrogen and oxygen atoms in total. The zero-order valence-corrected chi connectivity index (χ0v) is 35.8. The minimum absolute atomic E-state index is 0.0927. The molecule has 3 aliphatic rings. The van der Waals surface area contributed by atoms with Crippen LogP contribution in [0.25, 0.3) is 0 Å². The summed E-state index contributed by atoms with van der Waals surface area (Å²) in [6.45, 7) is 4.98. The van der Waals surface area contributed by atoms with Gasteiger partial charge in [0.05, 0.1) is 6.04 Å². The van der Waals surface area contributed by atoms with Crippen molar-refractivity contribution >= 4 is 35.5 Å². The Bertz CT molecular complexity index is 1970. The lowest BCUT2D eigenvalue weighted by atomic mass is 9.95. The molecule has 3 N–H and O–H groups in total. The van der Waals surface area contributed by atoms with Crippen molar-refractivity contribution in [1.82, 2.24) is 24.9 Å². The molecule has 3 aromatic carbocycles. The van der Waals surface area contributed by atoms with Gasteiger partial charge in [0.2, 0.25) is 29.5 Å². The number of rotatable bonds is 16. The molecule has 3 aromatic rings. The fraction of sp³-hybridized carbons (Fsp3) is 0.500. The number of carbonyl (C=O) groups is 6. The van der Waals surface area contributed by atoms with Gasteiger partial charge >= 0.3 is 5.97 Å². The Kier molecular flexibility index (Phi) is 15.7. The second-order valence-electron chi connectivity index (χ2n) is 16.8. The maximum atomic E-state index is 14.8. The molecule has 0 radical (unpaired) electrons. The largest absolute Gasteiger partial charge is 0.459 e. The number of piperidine rings is 1. The predicted molar refractivity (Wildman–Crippen MR) is 231 cm³/mol. The molecule has 6 rings (SSSR count). The van der Waals surface area contributed by atoms with Gasteiger partial charge in [-0.15, -0.1) is 0 Å². The van der Waals surface area contributed by atoms with Crippen molar-refractivity contribution in [3.63, 3.8) is 0 Å². The van der Waals surface area contributed by atoms with Crippen molar-refractivity contribution in [3.8, 4) is 0 Å². The van der Waals surface area contributed by atoms with Crippen LogP contribution < -0.4 is 11.1 Å². The number of likely N-dealkylation sites (tertiary alicyclic amines) is 3. The lowest BCUT2D eigenvalue weighted by molar-refractivity contribution is -0.159. The molecule has 61 heavy (non-hydrogen) atoms. The summed E-state index contributed by atoms with van der Waals surface area (Å²) < 4.78 is 5.68. The highest BCUT2D eigenvalue weighted by molar-refractivity contribution is 5.97. The number of amides is 5. The van der Waals surface area contributed by atoms with Crippen LogP contribution in [0, 0.1) is 5.92 Å². The smallest absolute Gasteiger partial charge is 0.329 e. The van der Waals surface area contributed by atoms with Gasteiger partial charge in [-0.3, -0.25) is 24.0 Å². The minimum Gasteiger partial charge on any atom is -0.459 e. The minimum atomic E-state index is -0.950. The predicted octanol–water partition coefficient (Wildman–Crippen LogP) is 4.26. The van der Waals surface area contributed by atoms with Gasteiger partial charge in [0.15, 0.2) is 0 Å². The number of carbonyl (C=O) groups excluding carboxylic acids is 6. The Morgan fingerprint density at radius 2 is 1.21 bits per heavy atom. The van der Waals surface area contributed by atoms with E-state index in [4.69, 9.17) is 10.5 Å². The number of ether oxygens (including phenoxy) is 1. The molecule has 1 unspecified atom stereocenters. The highest BCUT2D eigenvalue weighted by Gasteiger charge is 2.46. The number of nitrogens with two attached hydrogens (primary N) is 1. The van der Waals surface area contributed by atoms with Gasteiger partial charge in [0.25, 0.3) is 0 Å². The van der Waals surface area contributed by atoms with E-state index < -0.39 is 48.1 Å². The van der Waals surface area contributed by atoms with E-state index in [0.29, 0.717) is 77.4 Å². The Morgan fingerprint density at radius 1 is 0.689 bits per heavy atom. The van der Waals surface area contributed by atoms with Gasteiger partial charge in [-0.25, -0.2) is 4.79 Å². The summed E-state index contributed by atoms with van der Waals surface area (Å²) in [5.74, 6) is -2.49. The third kappa shape index (κ3) is 11.0. The maximum absolute atomic E-state index is 14.8. The lowest BCUT2D eigenvalue weighted by Gasteiger charge is -2.41. The van der Waals surface area contributed by atoms with Gasteiger partial charge in [-0.05, 0) is 74.0 Å². The molecule has 0 saturated carbocycles. The Hall–Kier alpha value is -5.56. The molecule has 3 aliphatic heterocycles. The number of hydrogen-bond donors (Lipinski definition) is 2. The quantitative estimate of drug-likeness (QED) is 0.203. The Labute approximate surface area is 359 Å². The second-order valence-corrected chi connectivity index (χ2v) is 16.8. The highest BCUT2D eigenvalue weighted by atomic mass is 16.5. The molecule has 0 spiro atoms. The van der Waals surface area contributed by atoms with Crippen LogP contribution in [0.15, 0.2) is 91.0 Å². The van der Waals surface area contributed by atoms with Crippen molar-refractivity contribution in [2.24, 2.45) is 11.7 Å². The average Bonchev–Trinajstić information content (AvgIpc) is 4.00. The fourth-order valence-corrected chi connectivity index (χ4v) is 8.92. The van der Waals surface area contributed by atoms with Crippen LogP contribution in [0.4, 0.5) is 0 Å². The Balaban J connectivity index is 1.17. The third-order valence-corrected chi connectivity index (χ3v) is 12.7. The van der Waals surface area contributed by atoms with E-state index in [9.17, 15) is 28.8 Å². The molecule has 0 bridgehead atoms. The normalized spacial score (nSPS) is 20.9. The summed E-state index contributed by atoms with van der Waals surface area (Å²) >= 11 is 0. The summed E-state index contributed by atoms with van der Waals surface area (Å²) in [6.07, 6.45) is 5.06. The molecule has 0 aliphatic carbocycles. The Morgan fingerprint density at radius 3 is 1.82 bits per heavy atom. The summed E-state index contributed by atoms with van der Waals surface area (Å²) in [6, 6.07) is 23.2. The number of esters is 1. The first kappa shape index (κ1) is 45.0. The summed E-state index contributed by atoms with van der Waals surface area (Å²) in [4.78, 5) is 91.5. The van der Waals surface area contributed by atoms with Gasteiger partial charge < -0.3 is 35.4 Å². The van der Waals surface area contributed by atoms with Crippen molar-refractivity contribution < 1.29 is 33.5 Å². The van der Waals surface area contributed by atoms with Crippen LogP contribution in [0.5, 0.6) is 0 Å². The number of likely N-dealkylation sites (N-methyl/N-ethyl adjacent to an activating group) is 1. The molecule has 13 heteroatoms. The van der Waals surface area contributed by atoms with Crippen LogP contribution in [-0.4, -0.2) is 118 Å². The monoisotopic (exact) mass is 834 g/mol. The van der Waals surface area contributed by atoms with Crippen LogP contribution in [0.3, 0.4) is 0 Å². The van der Waals surface area contributed by atoms with Crippen LogP contribution in [0.1, 0.15) is 81.9 Å². The molecule has 5 amide bonds. The van der Waals surface area contributed by atoms with E-state index in [-0.39, 0.29) is 42.6 Å². The molecule has 3 fully saturated rings. The third-order valence-electron chi connectivity index (χ3n) is 12.7.